The molecule has 1 aliphatic carbocycles. The standard InChI is InChI=1S/C30H28O6S/c31-22-10-6-20(7-11-22)29-27(25-15-12-23(32)18-26(25)37-29)28(33)19-8-13-24(14-9-19)35-16-17-36-30(34)21-4-2-1-3-5-21/h6-15,18,21,31-32H,1-5,16-17H2. The number of benzene rings is 3. The third-order valence-corrected chi connectivity index (χ3v) is 7.88. The smallest absolute Gasteiger partial charge is 0.309 e. The molecular weight excluding hydrogens is 488 g/mol. The van der Waals surface area contributed by atoms with Crippen molar-refractivity contribution in [3.63, 3.8) is 0 Å². The van der Waals surface area contributed by atoms with E-state index in [1.165, 1.54) is 17.8 Å². The first kappa shape index (κ1) is 24.8. The molecule has 0 radical (unpaired) electrons. The number of hydrogen-bond acceptors (Lipinski definition) is 7. The first-order chi connectivity index (χ1) is 18.0. The number of carbonyl (C=O) groups is 2. The first-order valence-electron chi connectivity index (χ1n) is 12.5. The van der Waals surface area contributed by atoms with E-state index in [4.69, 9.17) is 9.47 Å². The van der Waals surface area contributed by atoms with Gasteiger partial charge in [0.25, 0.3) is 0 Å². The number of fused-ring (bicyclic) bond motifs is 1. The van der Waals surface area contributed by atoms with Crippen LogP contribution in [0.1, 0.15) is 48.0 Å². The van der Waals surface area contributed by atoms with Gasteiger partial charge in [-0.05, 0) is 85.1 Å². The number of esters is 1. The molecule has 3 aromatic carbocycles. The third-order valence-electron chi connectivity index (χ3n) is 6.68. The minimum absolute atomic E-state index is 0.0164. The van der Waals surface area contributed by atoms with Crippen molar-refractivity contribution in [2.75, 3.05) is 13.2 Å². The molecule has 4 aromatic rings. The fourth-order valence-corrected chi connectivity index (χ4v) is 5.97. The molecule has 7 heteroatoms. The molecule has 0 unspecified atom stereocenters. The van der Waals surface area contributed by atoms with Gasteiger partial charge in [-0.1, -0.05) is 19.3 Å². The van der Waals surface area contributed by atoms with Crippen LogP contribution in [0.5, 0.6) is 17.2 Å². The summed E-state index contributed by atoms with van der Waals surface area (Å²) in [5, 5.41) is 20.4. The molecule has 0 bridgehead atoms. The van der Waals surface area contributed by atoms with E-state index in [0.29, 0.717) is 16.9 Å². The zero-order valence-electron chi connectivity index (χ0n) is 20.3. The number of ether oxygens (including phenoxy) is 2. The van der Waals surface area contributed by atoms with E-state index in [-0.39, 0.29) is 42.4 Å². The van der Waals surface area contributed by atoms with Crippen LogP contribution in [-0.4, -0.2) is 35.2 Å². The lowest BCUT2D eigenvalue weighted by molar-refractivity contribution is -0.150. The van der Waals surface area contributed by atoms with Gasteiger partial charge in [0.2, 0.25) is 0 Å². The Kier molecular flexibility index (Phi) is 7.42. The molecule has 0 amide bonds. The van der Waals surface area contributed by atoms with Gasteiger partial charge < -0.3 is 19.7 Å². The summed E-state index contributed by atoms with van der Waals surface area (Å²) in [6.07, 6.45) is 5.17. The van der Waals surface area contributed by atoms with Crippen LogP contribution in [-0.2, 0) is 9.53 Å². The Morgan fingerprint density at radius 1 is 0.838 bits per heavy atom. The Labute approximate surface area is 219 Å². The van der Waals surface area contributed by atoms with E-state index in [2.05, 4.69) is 0 Å². The van der Waals surface area contributed by atoms with Crippen molar-refractivity contribution in [3.8, 4) is 27.7 Å². The lowest BCUT2D eigenvalue weighted by Crippen LogP contribution is -2.22. The van der Waals surface area contributed by atoms with Crippen LogP contribution in [0.2, 0.25) is 0 Å². The van der Waals surface area contributed by atoms with Crippen LogP contribution in [0.25, 0.3) is 20.5 Å². The molecule has 0 saturated heterocycles. The molecule has 1 aromatic heterocycles. The van der Waals surface area contributed by atoms with Crippen molar-refractivity contribution in [2.24, 2.45) is 5.92 Å². The molecule has 1 saturated carbocycles. The van der Waals surface area contributed by atoms with Gasteiger partial charge in [-0.3, -0.25) is 9.59 Å². The highest BCUT2D eigenvalue weighted by Crippen LogP contribution is 2.41. The number of phenols is 2. The highest BCUT2D eigenvalue weighted by atomic mass is 32.1. The fraction of sp³-hybridized carbons (Fsp3) is 0.267. The normalized spacial score (nSPS) is 13.9. The lowest BCUT2D eigenvalue weighted by Gasteiger charge is -2.19. The Hall–Kier alpha value is -3.84. The monoisotopic (exact) mass is 516 g/mol. The molecular formula is C30H28O6S. The molecule has 6 nitrogen and oxygen atoms in total. The summed E-state index contributed by atoms with van der Waals surface area (Å²) in [6, 6.07) is 18.6. The quantitative estimate of drug-likeness (QED) is 0.154. The van der Waals surface area contributed by atoms with Crippen LogP contribution in [0.15, 0.2) is 66.7 Å². The maximum Gasteiger partial charge on any atom is 0.309 e. The van der Waals surface area contributed by atoms with Gasteiger partial charge in [0.1, 0.15) is 30.5 Å². The van der Waals surface area contributed by atoms with E-state index in [1.54, 1.807) is 66.7 Å². The predicted octanol–water partition coefficient (Wildman–Crippen LogP) is 6.71. The van der Waals surface area contributed by atoms with Gasteiger partial charge in [-0.15, -0.1) is 11.3 Å². The summed E-state index contributed by atoms with van der Waals surface area (Å²) in [5.74, 6) is 0.607. The topological polar surface area (TPSA) is 93.1 Å². The summed E-state index contributed by atoms with van der Waals surface area (Å²) >= 11 is 1.42. The second-order valence-electron chi connectivity index (χ2n) is 9.24. The van der Waals surface area contributed by atoms with Crippen molar-refractivity contribution in [1.29, 1.82) is 0 Å². The second kappa shape index (κ2) is 11.0. The van der Waals surface area contributed by atoms with Gasteiger partial charge in [0.15, 0.2) is 5.78 Å². The van der Waals surface area contributed by atoms with Crippen LogP contribution in [0.4, 0.5) is 0 Å². The van der Waals surface area contributed by atoms with Gasteiger partial charge in [0, 0.05) is 26.1 Å². The maximum absolute atomic E-state index is 13.7. The number of aromatic hydroxyl groups is 2. The number of thiophene rings is 1. The summed E-state index contributed by atoms with van der Waals surface area (Å²) in [6.45, 7) is 0.440. The van der Waals surface area contributed by atoms with E-state index in [9.17, 15) is 19.8 Å². The lowest BCUT2D eigenvalue weighted by atomic mass is 9.89. The molecule has 5 rings (SSSR count). The van der Waals surface area contributed by atoms with Gasteiger partial charge in [-0.25, -0.2) is 0 Å². The average molecular weight is 517 g/mol. The zero-order valence-corrected chi connectivity index (χ0v) is 21.1. The van der Waals surface area contributed by atoms with Crippen LogP contribution < -0.4 is 4.74 Å². The Bertz CT molecular complexity index is 1400. The van der Waals surface area contributed by atoms with Crippen LogP contribution in [0, 0.1) is 5.92 Å². The minimum atomic E-state index is -0.145. The summed E-state index contributed by atoms with van der Waals surface area (Å²) < 4.78 is 11.9. The van der Waals surface area contributed by atoms with Crippen LogP contribution in [0.3, 0.4) is 0 Å². The van der Waals surface area contributed by atoms with Crippen LogP contribution >= 0.6 is 11.3 Å². The van der Waals surface area contributed by atoms with Gasteiger partial charge in [-0.2, -0.15) is 0 Å². The van der Waals surface area contributed by atoms with E-state index < -0.39 is 0 Å². The van der Waals surface area contributed by atoms with Crippen molar-refractivity contribution >= 4 is 33.2 Å². The van der Waals surface area contributed by atoms with Gasteiger partial charge >= 0.3 is 5.97 Å². The number of hydrogen-bond donors (Lipinski definition) is 2. The molecule has 190 valence electrons. The van der Waals surface area contributed by atoms with Crippen molar-refractivity contribution in [2.45, 2.75) is 32.1 Å². The predicted molar refractivity (Wildman–Crippen MR) is 143 cm³/mol. The van der Waals surface area contributed by atoms with Crippen molar-refractivity contribution < 1.29 is 29.3 Å². The molecule has 1 heterocycles. The van der Waals surface area contributed by atoms with Crippen molar-refractivity contribution in [3.05, 3.63) is 77.9 Å². The number of rotatable bonds is 8. The average Bonchev–Trinajstić information content (AvgIpc) is 3.30. The van der Waals surface area contributed by atoms with E-state index in [1.807, 2.05) is 0 Å². The second-order valence-corrected chi connectivity index (χ2v) is 10.3. The fourth-order valence-electron chi connectivity index (χ4n) is 4.73. The summed E-state index contributed by atoms with van der Waals surface area (Å²) in [4.78, 5) is 26.6. The Morgan fingerprint density at radius 2 is 1.54 bits per heavy atom. The minimum Gasteiger partial charge on any atom is -0.508 e. The zero-order chi connectivity index (χ0) is 25.8. The Balaban J connectivity index is 1.29. The molecule has 1 fully saturated rings. The largest absolute Gasteiger partial charge is 0.508 e. The molecule has 0 aliphatic heterocycles. The number of phenolic OH excluding ortho intramolecular Hbond substituents is 2. The SMILES string of the molecule is O=C(c1ccc(OCCOC(=O)C2CCCCC2)cc1)c1c(-c2ccc(O)cc2)sc2cc(O)ccc12. The first-order valence-corrected chi connectivity index (χ1v) is 13.3. The third kappa shape index (κ3) is 5.62. The van der Waals surface area contributed by atoms with E-state index in [0.717, 1.165) is 46.2 Å². The molecule has 37 heavy (non-hydrogen) atoms. The van der Waals surface area contributed by atoms with E-state index >= 15 is 0 Å². The Morgan fingerprint density at radius 3 is 2.27 bits per heavy atom. The highest BCUT2D eigenvalue weighted by molar-refractivity contribution is 7.22. The molecule has 1 aliphatic rings. The molecule has 0 spiro atoms. The van der Waals surface area contributed by atoms with Gasteiger partial charge in [0.05, 0.1) is 5.92 Å². The molecule has 2 N–H and O–H groups in total. The number of ketones is 1. The summed E-state index contributed by atoms with van der Waals surface area (Å²) in [7, 11) is 0. The summed E-state index contributed by atoms with van der Waals surface area (Å²) in [5.41, 5.74) is 1.86. The van der Waals surface area contributed by atoms with Crippen molar-refractivity contribution in [1.82, 2.24) is 0 Å². The maximum atomic E-state index is 13.7. The molecule has 0 atom stereocenters. The number of carbonyl (C=O) groups excluding carboxylic acids is 2. The highest BCUT2D eigenvalue weighted by Gasteiger charge is 2.23.